The maximum Gasteiger partial charge on any atom is 0.220 e. The molecule has 2 heterocycles. The average Bonchev–Trinajstić information content (AvgIpc) is 2.98. The first kappa shape index (κ1) is 15.6. The Morgan fingerprint density at radius 2 is 2.09 bits per heavy atom. The maximum atomic E-state index is 12.6. The molecule has 0 aliphatic carbocycles. The summed E-state index contributed by atoms with van der Waals surface area (Å²) < 4.78 is 5.23. The largest absolute Gasteiger partial charge is 0.497 e. The lowest BCUT2D eigenvalue weighted by molar-refractivity contribution is -0.123. The SMILES string of the molecule is COc1ccc2[nH]cc(C(=O)CN3CCC(C(N)=O)CC3)c2c1. The number of likely N-dealkylation sites (tertiary alicyclic amines) is 1. The van der Waals surface area contributed by atoms with E-state index in [1.54, 1.807) is 13.3 Å². The highest BCUT2D eigenvalue weighted by Gasteiger charge is 2.25. The van der Waals surface area contributed by atoms with Crippen LogP contribution in [0, 0.1) is 5.92 Å². The molecule has 1 aromatic carbocycles. The number of aromatic nitrogens is 1. The highest BCUT2D eigenvalue weighted by molar-refractivity contribution is 6.09. The van der Waals surface area contributed by atoms with Gasteiger partial charge in [0.15, 0.2) is 5.78 Å². The summed E-state index contributed by atoms with van der Waals surface area (Å²) in [6, 6.07) is 5.64. The van der Waals surface area contributed by atoms with E-state index in [1.165, 1.54) is 0 Å². The fourth-order valence-corrected chi connectivity index (χ4v) is 3.12. The number of benzene rings is 1. The molecule has 0 radical (unpaired) electrons. The van der Waals surface area contributed by atoms with Gasteiger partial charge in [0, 0.05) is 28.6 Å². The van der Waals surface area contributed by atoms with Crippen molar-refractivity contribution in [2.45, 2.75) is 12.8 Å². The fraction of sp³-hybridized carbons (Fsp3) is 0.412. The molecular weight excluding hydrogens is 294 g/mol. The molecule has 0 unspecified atom stereocenters. The Morgan fingerprint density at radius 3 is 2.74 bits per heavy atom. The number of fused-ring (bicyclic) bond motifs is 1. The minimum Gasteiger partial charge on any atom is -0.497 e. The minimum atomic E-state index is -0.236. The topological polar surface area (TPSA) is 88.4 Å². The number of Topliss-reactive ketones (excluding diaryl/α,β-unsaturated/α-hetero) is 1. The van der Waals surface area contributed by atoms with E-state index in [-0.39, 0.29) is 17.6 Å². The zero-order valence-electron chi connectivity index (χ0n) is 13.2. The van der Waals surface area contributed by atoms with Crippen LogP contribution in [0.1, 0.15) is 23.2 Å². The molecule has 0 spiro atoms. The average molecular weight is 315 g/mol. The third-order valence-electron chi connectivity index (χ3n) is 4.55. The first-order chi connectivity index (χ1) is 11.1. The lowest BCUT2D eigenvalue weighted by Crippen LogP contribution is -2.40. The molecule has 0 saturated carbocycles. The number of hydrogen-bond donors (Lipinski definition) is 2. The summed E-state index contributed by atoms with van der Waals surface area (Å²) in [7, 11) is 1.61. The smallest absolute Gasteiger partial charge is 0.220 e. The second-order valence-electron chi connectivity index (χ2n) is 5.99. The van der Waals surface area contributed by atoms with Gasteiger partial charge in [-0.1, -0.05) is 0 Å². The van der Waals surface area contributed by atoms with Crippen molar-refractivity contribution in [1.29, 1.82) is 0 Å². The van der Waals surface area contributed by atoms with Gasteiger partial charge in [0.1, 0.15) is 5.75 Å². The number of aromatic amines is 1. The maximum absolute atomic E-state index is 12.6. The van der Waals surface area contributed by atoms with Gasteiger partial charge >= 0.3 is 0 Å². The number of primary amides is 1. The van der Waals surface area contributed by atoms with E-state index in [0.717, 1.165) is 42.6 Å². The van der Waals surface area contributed by atoms with Crippen molar-refractivity contribution in [3.8, 4) is 5.75 Å². The Morgan fingerprint density at radius 1 is 1.35 bits per heavy atom. The number of amides is 1. The number of rotatable bonds is 5. The summed E-state index contributed by atoms with van der Waals surface area (Å²) in [5.41, 5.74) is 6.94. The van der Waals surface area contributed by atoms with Crippen molar-refractivity contribution in [2.75, 3.05) is 26.7 Å². The van der Waals surface area contributed by atoms with Crippen LogP contribution < -0.4 is 10.5 Å². The fourth-order valence-electron chi connectivity index (χ4n) is 3.12. The lowest BCUT2D eigenvalue weighted by atomic mass is 9.96. The predicted molar refractivity (Wildman–Crippen MR) is 87.5 cm³/mol. The Kier molecular flexibility index (Phi) is 4.34. The first-order valence-corrected chi connectivity index (χ1v) is 7.78. The number of ether oxygens (including phenoxy) is 1. The Labute approximate surface area is 134 Å². The molecule has 3 N–H and O–H groups in total. The van der Waals surface area contributed by atoms with Gasteiger partial charge in [-0.05, 0) is 44.1 Å². The summed E-state index contributed by atoms with van der Waals surface area (Å²) in [6.07, 6.45) is 3.21. The summed E-state index contributed by atoms with van der Waals surface area (Å²) in [5.74, 6) is 0.508. The van der Waals surface area contributed by atoms with Gasteiger partial charge in [-0.3, -0.25) is 14.5 Å². The quantitative estimate of drug-likeness (QED) is 0.820. The minimum absolute atomic E-state index is 0.0568. The van der Waals surface area contributed by atoms with Crippen LogP contribution in [0.5, 0.6) is 5.75 Å². The molecule has 2 aromatic rings. The summed E-state index contributed by atoms with van der Waals surface area (Å²) in [6.45, 7) is 1.81. The van der Waals surface area contributed by atoms with Gasteiger partial charge < -0.3 is 15.5 Å². The third kappa shape index (κ3) is 3.22. The summed E-state index contributed by atoms with van der Waals surface area (Å²) >= 11 is 0. The van der Waals surface area contributed by atoms with Gasteiger partial charge in [0.2, 0.25) is 5.91 Å². The Bertz CT molecular complexity index is 730. The number of nitrogens with one attached hydrogen (secondary N) is 1. The molecular formula is C17H21N3O3. The number of carbonyl (C=O) groups excluding carboxylic acids is 2. The Balaban J connectivity index is 1.70. The number of nitrogens with zero attached hydrogens (tertiary/aromatic N) is 1. The van der Waals surface area contributed by atoms with Gasteiger partial charge in [0.05, 0.1) is 13.7 Å². The van der Waals surface area contributed by atoms with Gasteiger partial charge in [-0.2, -0.15) is 0 Å². The van der Waals surface area contributed by atoms with E-state index in [0.29, 0.717) is 12.1 Å². The third-order valence-corrected chi connectivity index (χ3v) is 4.55. The van der Waals surface area contributed by atoms with Crippen molar-refractivity contribution in [2.24, 2.45) is 11.7 Å². The van der Waals surface area contributed by atoms with Crippen LogP contribution in [0.3, 0.4) is 0 Å². The number of piperidine rings is 1. The standard InChI is InChI=1S/C17H21N3O3/c1-23-12-2-3-15-13(8-12)14(9-19-15)16(21)10-20-6-4-11(5-7-20)17(18)22/h2-3,8-9,11,19H,4-7,10H2,1H3,(H2,18,22). The van der Waals surface area contributed by atoms with Crippen molar-refractivity contribution < 1.29 is 14.3 Å². The van der Waals surface area contributed by atoms with E-state index in [9.17, 15) is 9.59 Å². The number of methoxy groups -OCH3 is 1. The summed E-state index contributed by atoms with van der Waals surface area (Å²) in [5, 5.41) is 0.876. The van der Waals surface area contributed by atoms with E-state index in [4.69, 9.17) is 10.5 Å². The van der Waals surface area contributed by atoms with E-state index < -0.39 is 0 Å². The molecule has 1 aliphatic heterocycles. The van der Waals surface area contributed by atoms with Crippen LogP contribution in [0.25, 0.3) is 10.9 Å². The van der Waals surface area contributed by atoms with Crippen LogP contribution in [0.4, 0.5) is 0 Å². The molecule has 0 bridgehead atoms. The van der Waals surface area contributed by atoms with Crippen molar-refractivity contribution in [1.82, 2.24) is 9.88 Å². The number of nitrogens with two attached hydrogens (primary N) is 1. The molecule has 1 fully saturated rings. The molecule has 1 aromatic heterocycles. The van der Waals surface area contributed by atoms with Crippen LogP contribution in [0.15, 0.2) is 24.4 Å². The molecule has 122 valence electrons. The van der Waals surface area contributed by atoms with Gasteiger partial charge in [-0.15, -0.1) is 0 Å². The van der Waals surface area contributed by atoms with Crippen LogP contribution in [-0.4, -0.2) is 48.3 Å². The molecule has 6 heteroatoms. The molecule has 0 atom stereocenters. The monoisotopic (exact) mass is 315 g/mol. The predicted octanol–water partition coefficient (Wildman–Crippen LogP) is 1.56. The van der Waals surface area contributed by atoms with Crippen LogP contribution >= 0.6 is 0 Å². The van der Waals surface area contributed by atoms with Gasteiger partial charge in [-0.25, -0.2) is 0 Å². The van der Waals surface area contributed by atoms with Crippen LogP contribution in [-0.2, 0) is 4.79 Å². The van der Waals surface area contributed by atoms with Crippen molar-refractivity contribution in [3.05, 3.63) is 30.0 Å². The van der Waals surface area contributed by atoms with E-state index in [1.807, 2.05) is 18.2 Å². The van der Waals surface area contributed by atoms with Gasteiger partial charge in [0.25, 0.3) is 0 Å². The van der Waals surface area contributed by atoms with Crippen molar-refractivity contribution >= 4 is 22.6 Å². The van der Waals surface area contributed by atoms with Crippen LogP contribution in [0.2, 0.25) is 0 Å². The number of H-pyrrole nitrogens is 1. The highest BCUT2D eigenvalue weighted by atomic mass is 16.5. The molecule has 1 aliphatic rings. The highest BCUT2D eigenvalue weighted by Crippen LogP contribution is 2.24. The molecule has 23 heavy (non-hydrogen) atoms. The second kappa shape index (κ2) is 6.42. The lowest BCUT2D eigenvalue weighted by Gasteiger charge is -2.29. The normalized spacial score (nSPS) is 16.6. The zero-order chi connectivity index (χ0) is 16.4. The molecule has 1 saturated heterocycles. The molecule has 1 amide bonds. The Hall–Kier alpha value is -2.34. The summed E-state index contributed by atoms with van der Waals surface area (Å²) in [4.78, 5) is 29.0. The number of hydrogen-bond acceptors (Lipinski definition) is 4. The number of carbonyl (C=O) groups is 2. The number of ketones is 1. The molecule has 3 rings (SSSR count). The second-order valence-corrected chi connectivity index (χ2v) is 5.99. The first-order valence-electron chi connectivity index (χ1n) is 7.78. The van der Waals surface area contributed by atoms with Crippen molar-refractivity contribution in [3.63, 3.8) is 0 Å². The zero-order valence-corrected chi connectivity index (χ0v) is 13.2. The molecule has 6 nitrogen and oxygen atoms in total. The van der Waals surface area contributed by atoms with E-state index in [2.05, 4.69) is 9.88 Å². The van der Waals surface area contributed by atoms with E-state index >= 15 is 0 Å².